The van der Waals surface area contributed by atoms with Gasteiger partial charge in [0, 0.05) is 25.2 Å². The maximum Gasteiger partial charge on any atom is 0.328 e. The summed E-state index contributed by atoms with van der Waals surface area (Å²) < 4.78 is 11.0. The molecule has 0 spiro atoms. The first-order valence-electron chi connectivity index (χ1n) is 13.0. The molecular weight excluding hydrogens is 464 g/mol. The van der Waals surface area contributed by atoms with E-state index in [0.717, 1.165) is 24.1 Å². The number of morpholine rings is 1. The van der Waals surface area contributed by atoms with Gasteiger partial charge in [-0.3, -0.25) is 9.69 Å². The summed E-state index contributed by atoms with van der Waals surface area (Å²) in [6, 6.07) is 29.7. The molecule has 0 N–H and O–H groups in total. The molecule has 0 radical (unpaired) electrons. The Morgan fingerprint density at radius 1 is 0.919 bits per heavy atom. The number of esters is 1. The van der Waals surface area contributed by atoms with Crippen molar-refractivity contribution in [1.29, 1.82) is 0 Å². The highest BCUT2D eigenvalue weighted by Crippen LogP contribution is 2.33. The number of carbonyl (C=O) groups is 2. The van der Waals surface area contributed by atoms with Crippen molar-refractivity contribution >= 4 is 11.9 Å². The third-order valence-electron chi connectivity index (χ3n) is 7.60. The van der Waals surface area contributed by atoms with Gasteiger partial charge in [-0.1, -0.05) is 91.0 Å². The molecule has 0 bridgehead atoms. The van der Waals surface area contributed by atoms with Gasteiger partial charge in [-0.25, -0.2) is 4.79 Å². The highest BCUT2D eigenvalue weighted by molar-refractivity contribution is 5.91. The summed E-state index contributed by atoms with van der Waals surface area (Å²) in [4.78, 5) is 31.4. The molecule has 0 saturated carbocycles. The van der Waals surface area contributed by atoms with Gasteiger partial charge in [0.05, 0.1) is 26.2 Å². The maximum atomic E-state index is 14.3. The Kier molecular flexibility index (Phi) is 7.97. The lowest BCUT2D eigenvalue weighted by molar-refractivity contribution is -0.151. The Hall–Kier alpha value is -3.48. The summed E-state index contributed by atoms with van der Waals surface area (Å²) in [6.45, 7) is 2.55. The molecule has 2 fully saturated rings. The number of nitrogens with zero attached hydrogens (tertiary/aromatic N) is 2. The van der Waals surface area contributed by atoms with Crippen LogP contribution in [0.2, 0.25) is 0 Å². The molecule has 37 heavy (non-hydrogen) atoms. The van der Waals surface area contributed by atoms with Gasteiger partial charge in [0.2, 0.25) is 5.91 Å². The van der Waals surface area contributed by atoms with E-state index in [4.69, 9.17) is 9.47 Å². The highest BCUT2D eigenvalue weighted by atomic mass is 16.5. The van der Waals surface area contributed by atoms with Crippen LogP contribution in [-0.4, -0.2) is 73.2 Å². The number of amides is 1. The average Bonchev–Trinajstić information content (AvgIpc) is 3.40. The average molecular weight is 499 g/mol. The molecule has 0 aliphatic carbocycles. The number of hydrogen-bond acceptors (Lipinski definition) is 5. The fourth-order valence-corrected chi connectivity index (χ4v) is 5.80. The first-order valence-corrected chi connectivity index (χ1v) is 13.0. The number of methoxy groups -OCH3 is 1. The molecule has 0 aromatic heterocycles. The van der Waals surface area contributed by atoms with Crippen LogP contribution in [0.4, 0.5) is 0 Å². The Morgan fingerprint density at radius 2 is 1.51 bits per heavy atom. The summed E-state index contributed by atoms with van der Waals surface area (Å²) >= 11 is 0. The van der Waals surface area contributed by atoms with Crippen LogP contribution >= 0.6 is 0 Å². The van der Waals surface area contributed by atoms with Crippen molar-refractivity contribution in [3.05, 3.63) is 108 Å². The Morgan fingerprint density at radius 3 is 2.11 bits per heavy atom. The van der Waals surface area contributed by atoms with Gasteiger partial charge in [-0.05, 0) is 29.5 Å². The lowest BCUT2D eigenvalue weighted by Gasteiger charge is -2.39. The lowest BCUT2D eigenvalue weighted by Crippen LogP contribution is -2.52. The minimum absolute atomic E-state index is 0.0536. The van der Waals surface area contributed by atoms with Crippen molar-refractivity contribution in [2.24, 2.45) is 0 Å². The van der Waals surface area contributed by atoms with E-state index in [1.165, 1.54) is 12.7 Å². The third-order valence-corrected chi connectivity index (χ3v) is 7.60. The number of rotatable bonds is 7. The van der Waals surface area contributed by atoms with Crippen LogP contribution in [0.5, 0.6) is 0 Å². The van der Waals surface area contributed by atoms with Crippen LogP contribution in [0.3, 0.4) is 0 Å². The third kappa shape index (κ3) is 5.60. The number of ether oxygens (including phenoxy) is 2. The van der Waals surface area contributed by atoms with Crippen molar-refractivity contribution in [3.8, 4) is 0 Å². The van der Waals surface area contributed by atoms with E-state index in [2.05, 4.69) is 29.2 Å². The van der Waals surface area contributed by atoms with Gasteiger partial charge in [0.1, 0.15) is 6.04 Å². The van der Waals surface area contributed by atoms with E-state index in [0.29, 0.717) is 26.2 Å². The smallest absolute Gasteiger partial charge is 0.328 e. The van der Waals surface area contributed by atoms with Crippen LogP contribution in [0.15, 0.2) is 91.0 Å². The molecule has 3 atom stereocenters. The largest absolute Gasteiger partial charge is 0.467 e. The first kappa shape index (κ1) is 25.2. The minimum Gasteiger partial charge on any atom is -0.467 e. The lowest BCUT2D eigenvalue weighted by atomic mass is 9.90. The zero-order valence-corrected chi connectivity index (χ0v) is 21.2. The molecule has 2 aliphatic rings. The molecule has 5 rings (SSSR count). The minimum atomic E-state index is -0.613. The van der Waals surface area contributed by atoms with Crippen LogP contribution in [0.25, 0.3) is 0 Å². The van der Waals surface area contributed by atoms with Crippen molar-refractivity contribution in [2.75, 3.05) is 33.4 Å². The number of carbonyl (C=O) groups excluding carboxylic acids is 2. The molecule has 2 saturated heterocycles. The summed E-state index contributed by atoms with van der Waals surface area (Å²) in [5.41, 5.74) is 3.09. The van der Waals surface area contributed by atoms with Crippen LogP contribution in [-0.2, 0) is 25.5 Å². The second kappa shape index (κ2) is 11.7. The van der Waals surface area contributed by atoms with Crippen molar-refractivity contribution in [2.45, 2.75) is 36.9 Å². The van der Waals surface area contributed by atoms with Gasteiger partial charge in [-0.2, -0.15) is 0 Å². The zero-order valence-electron chi connectivity index (χ0n) is 21.2. The van der Waals surface area contributed by atoms with Gasteiger partial charge >= 0.3 is 5.97 Å². The number of hydrogen-bond donors (Lipinski definition) is 0. The van der Waals surface area contributed by atoms with Crippen molar-refractivity contribution < 1.29 is 19.1 Å². The van der Waals surface area contributed by atoms with E-state index in [1.807, 2.05) is 66.7 Å². The van der Waals surface area contributed by atoms with E-state index in [1.54, 1.807) is 4.90 Å². The molecule has 1 amide bonds. The van der Waals surface area contributed by atoms with E-state index >= 15 is 0 Å². The topological polar surface area (TPSA) is 59.1 Å². The summed E-state index contributed by atoms with van der Waals surface area (Å²) in [7, 11) is 1.40. The molecule has 3 unspecified atom stereocenters. The van der Waals surface area contributed by atoms with Gasteiger partial charge in [-0.15, -0.1) is 0 Å². The fourth-order valence-electron chi connectivity index (χ4n) is 5.80. The second-order valence-corrected chi connectivity index (χ2v) is 9.83. The molecule has 2 heterocycles. The Balaban J connectivity index is 1.43. The molecule has 2 aliphatic heterocycles. The van der Waals surface area contributed by atoms with Crippen LogP contribution in [0, 0.1) is 0 Å². The van der Waals surface area contributed by atoms with Crippen molar-refractivity contribution in [1.82, 2.24) is 9.80 Å². The Labute approximate surface area is 218 Å². The fraction of sp³-hybridized carbons (Fsp3) is 0.355. The molecule has 192 valence electrons. The van der Waals surface area contributed by atoms with E-state index in [-0.39, 0.29) is 24.0 Å². The molecule has 6 heteroatoms. The standard InChI is InChI=1S/C31H34N2O4/c1-36-31(35)28-20-26(32-17-18-37-22-27(32)19-23-11-5-2-6-12-23)21-33(28)30(34)29(24-13-7-3-8-14-24)25-15-9-4-10-16-25/h2-16,26-29H,17-22H2,1H3. The monoisotopic (exact) mass is 498 g/mol. The maximum absolute atomic E-state index is 14.3. The van der Waals surface area contributed by atoms with E-state index < -0.39 is 12.0 Å². The normalized spacial score (nSPS) is 22.2. The van der Waals surface area contributed by atoms with Crippen molar-refractivity contribution in [3.63, 3.8) is 0 Å². The van der Waals surface area contributed by atoms with Crippen LogP contribution < -0.4 is 0 Å². The molecule has 3 aromatic rings. The highest BCUT2D eigenvalue weighted by Gasteiger charge is 2.46. The van der Waals surface area contributed by atoms with Gasteiger partial charge in [0.15, 0.2) is 0 Å². The summed E-state index contributed by atoms with van der Waals surface area (Å²) in [6.07, 6.45) is 1.42. The predicted octanol–water partition coefficient (Wildman–Crippen LogP) is 3.90. The van der Waals surface area contributed by atoms with E-state index in [9.17, 15) is 9.59 Å². The summed E-state index contributed by atoms with van der Waals surface area (Å²) in [5, 5.41) is 0. The Bertz CT molecular complexity index is 1130. The molecular formula is C31H34N2O4. The molecule has 3 aromatic carbocycles. The van der Waals surface area contributed by atoms with Gasteiger partial charge < -0.3 is 14.4 Å². The van der Waals surface area contributed by atoms with Crippen LogP contribution in [0.1, 0.15) is 29.0 Å². The summed E-state index contributed by atoms with van der Waals surface area (Å²) in [5.74, 6) is -0.912. The number of likely N-dealkylation sites (tertiary alicyclic amines) is 1. The quantitative estimate of drug-likeness (QED) is 0.463. The molecule has 6 nitrogen and oxygen atoms in total. The number of benzene rings is 3. The SMILES string of the molecule is COC(=O)C1CC(N2CCOCC2Cc2ccccc2)CN1C(=O)C(c1ccccc1)c1ccccc1. The first-order chi connectivity index (χ1) is 18.2. The second-order valence-electron chi connectivity index (χ2n) is 9.83. The predicted molar refractivity (Wildman–Crippen MR) is 142 cm³/mol. The zero-order chi connectivity index (χ0) is 25.6. The van der Waals surface area contributed by atoms with Gasteiger partial charge in [0.25, 0.3) is 0 Å².